The van der Waals surface area contributed by atoms with Gasteiger partial charge < -0.3 is 44.1 Å². The number of aromatic hydroxyl groups is 2. The van der Waals surface area contributed by atoms with Gasteiger partial charge in [-0.3, -0.25) is 9.59 Å². The molecule has 0 spiro atoms. The lowest BCUT2D eigenvalue weighted by molar-refractivity contribution is -0.291. The number of Topliss-reactive ketones (excluding diaryl/α,β-unsaturated/α-hetero) is 2. The molecule has 1 aromatic carbocycles. The van der Waals surface area contributed by atoms with Crippen LogP contribution in [0, 0.1) is 0 Å². The van der Waals surface area contributed by atoms with Gasteiger partial charge in [-0.15, -0.1) is 0 Å². The quantitative estimate of drug-likeness (QED) is 0.396. The van der Waals surface area contributed by atoms with Crippen molar-refractivity contribution < 1.29 is 53.7 Å². The molecular formula is C29H32O11. The molecule has 8 rings (SSSR count). The predicted molar refractivity (Wildman–Crippen MR) is 135 cm³/mol. The molecule has 5 heterocycles. The Morgan fingerprint density at radius 2 is 1.68 bits per heavy atom. The number of carbonyl (C=O) groups is 2. The Hall–Kier alpha value is -2.80. The second-order valence-corrected chi connectivity index (χ2v) is 11.7. The number of rotatable bonds is 2. The van der Waals surface area contributed by atoms with Gasteiger partial charge in [0.15, 0.2) is 24.0 Å². The van der Waals surface area contributed by atoms with Crippen LogP contribution < -0.4 is 0 Å². The molecule has 11 heteroatoms. The number of fused-ring (bicyclic) bond motifs is 6. The number of phenols is 2. The highest BCUT2D eigenvalue weighted by Gasteiger charge is 2.64. The number of ether oxygens (including phenoxy) is 5. The van der Waals surface area contributed by atoms with Crippen molar-refractivity contribution in [2.24, 2.45) is 0 Å². The lowest BCUT2D eigenvalue weighted by Crippen LogP contribution is -2.67. The first-order valence-electron chi connectivity index (χ1n) is 13.8. The van der Waals surface area contributed by atoms with Gasteiger partial charge in [0.05, 0.1) is 53.5 Å². The fourth-order valence-electron chi connectivity index (χ4n) is 7.41. The molecular weight excluding hydrogens is 524 g/mol. The predicted octanol–water partition coefficient (Wildman–Crippen LogP) is 2.40. The molecule has 3 saturated heterocycles. The molecule has 4 unspecified atom stereocenters. The molecule has 3 fully saturated rings. The fourth-order valence-corrected chi connectivity index (χ4v) is 7.41. The van der Waals surface area contributed by atoms with E-state index >= 15 is 0 Å². The van der Waals surface area contributed by atoms with Crippen molar-refractivity contribution in [1.82, 2.24) is 0 Å². The summed E-state index contributed by atoms with van der Waals surface area (Å²) in [5.41, 5.74) is -2.64. The second-order valence-electron chi connectivity index (χ2n) is 11.7. The van der Waals surface area contributed by atoms with Crippen LogP contribution in [0.25, 0.3) is 0 Å². The number of phenolic OH excluding ortho intramolecular Hbond substituents is 2. The van der Waals surface area contributed by atoms with E-state index in [-0.39, 0.29) is 39.8 Å². The van der Waals surface area contributed by atoms with Crippen LogP contribution in [0.3, 0.4) is 0 Å². The van der Waals surface area contributed by atoms with E-state index in [1.807, 2.05) is 0 Å². The van der Waals surface area contributed by atoms with Gasteiger partial charge >= 0.3 is 0 Å². The Labute approximate surface area is 229 Å². The molecule has 2 bridgehead atoms. The Morgan fingerprint density at radius 1 is 0.975 bits per heavy atom. The first kappa shape index (κ1) is 26.1. The second kappa shape index (κ2) is 8.60. The Morgan fingerprint density at radius 3 is 2.40 bits per heavy atom. The molecule has 2 aliphatic carbocycles. The highest BCUT2D eigenvalue weighted by Crippen LogP contribution is 2.58. The topological polar surface area (TPSA) is 161 Å². The lowest BCUT2D eigenvalue weighted by atomic mass is 9.63. The van der Waals surface area contributed by atoms with Gasteiger partial charge in [0.2, 0.25) is 0 Å². The van der Waals surface area contributed by atoms with Crippen LogP contribution in [0.4, 0.5) is 0 Å². The van der Waals surface area contributed by atoms with Gasteiger partial charge in [0.1, 0.15) is 23.2 Å². The van der Waals surface area contributed by atoms with E-state index in [1.165, 1.54) is 0 Å². The van der Waals surface area contributed by atoms with Crippen molar-refractivity contribution >= 4 is 11.6 Å². The number of ketones is 2. The van der Waals surface area contributed by atoms with E-state index in [2.05, 4.69) is 6.58 Å². The molecule has 10 atom stereocenters. The highest BCUT2D eigenvalue weighted by atomic mass is 16.7. The van der Waals surface area contributed by atoms with Gasteiger partial charge in [-0.2, -0.15) is 0 Å². The van der Waals surface area contributed by atoms with Crippen LogP contribution in [0.15, 0.2) is 23.5 Å². The summed E-state index contributed by atoms with van der Waals surface area (Å²) in [6.45, 7) is 8.84. The number of hydrogen-bond donors (Lipinski definition) is 4. The monoisotopic (exact) mass is 556 g/mol. The standard InChI is InChI=1S/C29H32O11/c1-9-7-15-28(36-9)22-18(11(3)37-15)24(31)21-20(26(22)33)25(32)19-14-8-16(40-17-6-5-13(30)10(2)38-17)29(35,12(4)39-14)23(19)27(21)34/h10-17,28,30-31,33,35H,1,5-8H2,2-4H3/t10-,11-,12?,13-,14?,15-,16?,17-,28+,29?/m0/s1. The van der Waals surface area contributed by atoms with E-state index in [0.29, 0.717) is 25.0 Å². The summed E-state index contributed by atoms with van der Waals surface area (Å²) >= 11 is 0. The average molecular weight is 557 g/mol. The van der Waals surface area contributed by atoms with Crippen LogP contribution in [0.2, 0.25) is 0 Å². The maximum atomic E-state index is 14.2. The third kappa shape index (κ3) is 3.27. The molecule has 0 saturated carbocycles. The highest BCUT2D eigenvalue weighted by molar-refractivity contribution is 6.30. The number of benzene rings is 1. The molecule has 0 amide bonds. The maximum Gasteiger partial charge on any atom is 0.197 e. The van der Waals surface area contributed by atoms with Crippen LogP contribution in [-0.2, 0) is 23.7 Å². The van der Waals surface area contributed by atoms with Crippen molar-refractivity contribution in [3.8, 4) is 11.5 Å². The van der Waals surface area contributed by atoms with Crippen LogP contribution in [0.1, 0.15) is 90.5 Å². The van der Waals surface area contributed by atoms with Gasteiger partial charge in [-0.05, 0) is 27.2 Å². The first-order chi connectivity index (χ1) is 18.9. The van der Waals surface area contributed by atoms with E-state index in [1.54, 1.807) is 20.8 Å². The summed E-state index contributed by atoms with van der Waals surface area (Å²) in [4.78, 5) is 28.3. The minimum absolute atomic E-state index is 0.0469. The molecule has 214 valence electrons. The molecule has 40 heavy (non-hydrogen) atoms. The maximum absolute atomic E-state index is 14.2. The third-order valence-electron chi connectivity index (χ3n) is 9.40. The minimum atomic E-state index is -2.03. The number of aliphatic hydroxyl groups excluding tert-OH is 1. The van der Waals surface area contributed by atoms with Gasteiger partial charge in [-0.25, -0.2) is 0 Å². The zero-order valence-corrected chi connectivity index (χ0v) is 22.4. The summed E-state index contributed by atoms with van der Waals surface area (Å²) in [6, 6.07) is 0. The summed E-state index contributed by atoms with van der Waals surface area (Å²) < 4.78 is 29.8. The Balaban J connectivity index is 1.34. The van der Waals surface area contributed by atoms with E-state index in [0.717, 1.165) is 0 Å². The molecule has 0 aromatic heterocycles. The third-order valence-corrected chi connectivity index (χ3v) is 9.40. The molecule has 4 N–H and O–H groups in total. The van der Waals surface area contributed by atoms with Crippen molar-refractivity contribution in [3.63, 3.8) is 0 Å². The van der Waals surface area contributed by atoms with E-state index < -0.39 is 83.8 Å². The fraction of sp³-hybridized carbons (Fsp3) is 0.586. The molecule has 11 nitrogen and oxygen atoms in total. The first-order valence-corrected chi connectivity index (χ1v) is 13.8. The Bertz CT molecular complexity index is 1400. The van der Waals surface area contributed by atoms with Gasteiger partial charge in [-0.1, -0.05) is 6.58 Å². The smallest absolute Gasteiger partial charge is 0.197 e. The van der Waals surface area contributed by atoms with Crippen molar-refractivity contribution in [2.75, 3.05) is 0 Å². The van der Waals surface area contributed by atoms with Crippen LogP contribution in [0.5, 0.6) is 11.5 Å². The zero-order chi connectivity index (χ0) is 28.4. The summed E-state index contributed by atoms with van der Waals surface area (Å²) in [5.74, 6) is -1.98. The average Bonchev–Trinajstić information content (AvgIpc) is 3.26. The van der Waals surface area contributed by atoms with E-state index in [4.69, 9.17) is 23.7 Å². The molecule has 1 aromatic rings. The van der Waals surface area contributed by atoms with Gasteiger partial charge in [0.25, 0.3) is 0 Å². The Kier molecular flexibility index (Phi) is 5.62. The van der Waals surface area contributed by atoms with Crippen molar-refractivity contribution in [1.29, 1.82) is 0 Å². The number of hydrogen-bond acceptors (Lipinski definition) is 11. The normalized spacial score (nSPS) is 41.8. The summed E-state index contributed by atoms with van der Waals surface area (Å²) in [5, 5.41) is 45.1. The molecule has 0 radical (unpaired) electrons. The van der Waals surface area contributed by atoms with Crippen LogP contribution in [-0.4, -0.2) is 80.5 Å². The molecule has 5 aliphatic heterocycles. The van der Waals surface area contributed by atoms with Crippen molar-refractivity contribution in [3.05, 3.63) is 45.7 Å². The van der Waals surface area contributed by atoms with Crippen molar-refractivity contribution in [2.45, 2.75) is 107 Å². The molecule has 7 aliphatic rings. The largest absolute Gasteiger partial charge is 0.507 e. The lowest BCUT2D eigenvalue weighted by Gasteiger charge is -2.54. The number of aliphatic hydroxyl groups is 2. The minimum Gasteiger partial charge on any atom is -0.507 e. The van der Waals surface area contributed by atoms with E-state index in [9.17, 15) is 30.0 Å². The number of carbonyl (C=O) groups excluding carboxylic acids is 2. The van der Waals surface area contributed by atoms with Gasteiger partial charge in [0, 0.05) is 41.5 Å². The van der Waals surface area contributed by atoms with Crippen LogP contribution >= 0.6 is 0 Å². The summed E-state index contributed by atoms with van der Waals surface area (Å²) in [7, 11) is 0. The zero-order valence-electron chi connectivity index (χ0n) is 22.4. The SMILES string of the molecule is C=C1C[C@@H]2O[C@@H](C)c3c(O)c4c(c(O)c3[C@@H]2O1)C(=O)C1=C(C4=O)C2(O)C(C)OC1CC2O[C@H]1CC[C@H](O)[C@H](C)O1. The summed E-state index contributed by atoms with van der Waals surface area (Å²) in [6.07, 6.45) is -5.31.